The summed E-state index contributed by atoms with van der Waals surface area (Å²) in [6.45, 7) is 6.31. The summed E-state index contributed by atoms with van der Waals surface area (Å²) in [5.74, 6) is 0.473. The second kappa shape index (κ2) is 4.16. The van der Waals surface area contributed by atoms with Crippen LogP contribution < -0.4 is 0 Å². The lowest BCUT2D eigenvalue weighted by molar-refractivity contribution is -0.117. The number of aliphatic hydroxyl groups is 1. The molecule has 1 saturated carbocycles. The summed E-state index contributed by atoms with van der Waals surface area (Å²) < 4.78 is 0. The van der Waals surface area contributed by atoms with Crippen LogP contribution in [-0.4, -0.2) is 10.9 Å². The van der Waals surface area contributed by atoms with Crippen molar-refractivity contribution in [1.29, 1.82) is 0 Å². The third-order valence-corrected chi connectivity index (χ3v) is 2.86. The second-order valence-corrected chi connectivity index (χ2v) is 4.94. The van der Waals surface area contributed by atoms with Crippen LogP contribution in [0.25, 0.3) is 0 Å². The monoisotopic (exact) mass is 196 g/mol. The molecule has 14 heavy (non-hydrogen) atoms. The van der Waals surface area contributed by atoms with E-state index in [4.69, 9.17) is 0 Å². The minimum atomic E-state index is 0.148. The van der Waals surface area contributed by atoms with Gasteiger partial charge in [0.25, 0.3) is 0 Å². The molecular formula is C12H20O2. The number of ketones is 1. The van der Waals surface area contributed by atoms with Crippen LogP contribution in [0.5, 0.6) is 0 Å². The Morgan fingerprint density at radius 2 is 2.14 bits per heavy atom. The summed E-state index contributed by atoms with van der Waals surface area (Å²) in [6.07, 6.45) is 3.79. The van der Waals surface area contributed by atoms with E-state index < -0.39 is 0 Å². The number of carbonyl (C=O) groups excluding carboxylic acids is 1. The van der Waals surface area contributed by atoms with Gasteiger partial charge in [-0.2, -0.15) is 0 Å². The zero-order chi connectivity index (χ0) is 10.8. The van der Waals surface area contributed by atoms with Crippen molar-refractivity contribution in [2.24, 2.45) is 5.41 Å². The highest BCUT2D eigenvalue weighted by atomic mass is 16.3. The van der Waals surface area contributed by atoms with E-state index in [0.717, 1.165) is 19.3 Å². The Balaban J connectivity index is 2.84. The van der Waals surface area contributed by atoms with E-state index >= 15 is 0 Å². The van der Waals surface area contributed by atoms with Gasteiger partial charge in [0.2, 0.25) is 0 Å². The highest BCUT2D eigenvalue weighted by Crippen LogP contribution is 2.37. The van der Waals surface area contributed by atoms with Gasteiger partial charge in [-0.05, 0) is 24.7 Å². The fourth-order valence-electron chi connectivity index (χ4n) is 1.92. The van der Waals surface area contributed by atoms with Crippen LogP contribution in [0.1, 0.15) is 52.9 Å². The molecule has 0 spiro atoms. The molecular weight excluding hydrogens is 176 g/mol. The second-order valence-electron chi connectivity index (χ2n) is 4.94. The SMILES string of the molecule is CCCC(O)=C1CC(C)(C)CCC1=O. The van der Waals surface area contributed by atoms with Crippen molar-refractivity contribution in [1.82, 2.24) is 0 Å². The first-order valence-corrected chi connectivity index (χ1v) is 5.40. The van der Waals surface area contributed by atoms with Crippen LogP contribution in [0.4, 0.5) is 0 Å². The van der Waals surface area contributed by atoms with Crippen molar-refractivity contribution in [3.8, 4) is 0 Å². The van der Waals surface area contributed by atoms with Crippen molar-refractivity contribution in [3.63, 3.8) is 0 Å². The quantitative estimate of drug-likeness (QED) is 0.543. The van der Waals surface area contributed by atoms with Crippen molar-refractivity contribution in [2.45, 2.75) is 52.9 Å². The number of allylic oxidation sites excluding steroid dienone is 2. The third kappa shape index (κ3) is 2.60. The van der Waals surface area contributed by atoms with Gasteiger partial charge in [0.05, 0.1) is 5.76 Å². The molecule has 0 unspecified atom stereocenters. The molecule has 0 aromatic carbocycles. The predicted octanol–water partition coefficient (Wildman–Crippen LogP) is 3.38. The van der Waals surface area contributed by atoms with Gasteiger partial charge >= 0.3 is 0 Å². The zero-order valence-corrected chi connectivity index (χ0v) is 9.39. The Labute approximate surface area is 86.0 Å². The first-order valence-electron chi connectivity index (χ1n) is 5.40. The molecule has 0 radical (unpaired) electrons. The molecule has 2 nitrogen and oxygen atoms in total. The van der Waals surface area contributed by atoms with Crippen LogP contribution in [0.3, 0.4) is 0 Å². The fraction of sp³-hybridized carbons (Fsp3) is 0.750. The van der Waals surface area contributed by atoms with Crippen LogP contribution in [0.15, 0.2) is 11.3 Å². The molecule has 0 aromatic heterocycles. The Hall–Kier alpha value is -0.790. The molecule has 0 saturated heterocycles. The fourth-order valence-corrected chi connectivity index (χ4v) is 1.92. The van der Waals surface area contributed by atoms with Gasteiger partial charge in [0, 0.05) is 18.4 Å². The average molecular weight is 196 g/mol. The summed E-state index contributed by atoms with van der Waals surface area (Å²) in [5, 5.41) is 9.74. The van der Waals surface area contributed by atoms with E-state index in [9.17, 15) is 9.90 Å². The number of aliphatic hydroxyl groups excluding tert-OH is 1. The maximum atomic E-state index is 11.6. The summed E-state index contributed by atoms with van der Waals surface area (Å²) >= 11 is 0. The number of carbonyl (C=O) groups is 1. The van der Waals surface area contributed by atoms with E-state index in [1.165, 1.54) is 0 Å². The predicted molar refractivity (Wildman–Crippen MR) is 57.2 cm³/mol. The zero-order valence-electron chi connectivity index (χ0n) is 9.39. The molecule has 1 rings (SSSR count). The van der Waals surface area contributed by atoms with Crippen molar-refractivity contribution in [2.75, 3.05) is 0 Å². The van der Waals surface area contributed by atoms with Gasteiger partial charge in [-0.3, -0.25) is 4.79 Å². The van der Waals surface area contributed by atoms with E-state index in [2.05, 4.69) is 13.8 Å². The Morgan fingerprint density at radius 1 is 1.50 bits per heavy atom. The van der Waals surface area contributed by atoms with E-state index in [1.54, 1.807) is 0 Å². The number of hydrogen-bond donors (Lipinski definition) is 1. The molecule has 0 atom stereocenters. The summed E-state index contributed by atoms with van der Waals surface area (Å²) in [7, 11) is 0. The number of hydrogen-bond acceptors (Lipinski definition) is 2. The minimum Gasteiger partial charge on any atom is -0.512 e. The van der Waals surface area contributed by atoms with Crippen LogP contribution in [0.2, 0.25) is 0 Å². The molecule has 0 heterocycles. The number of Topliss-reactive ketones (excluding diaryl/α,β-unsaturated/α-hetero) is 1. The number of rotatable bonds is 2. The average Bonchev–Trinajstić information content (AvgIpc) is 2.10. The standard InChI is InChI=1S/C12H20O2/c1-4-5-10(13)9-8-12(2,3)7-6-11(9)14/h13H,4-8H2,1-3H3. The summed E-state index contributed by atoms with van der Waals surface area (Å²) in [5.41, 5.74) is 0.855. The van der Waals surface area contributed by atoms with Crippen molar-refractivity contribution >= 4 is 5.78 Å². The highest BCUT2D eigenvalue weighted by molar-refractivity contribution is 5.96. The minimum absolute atomic E-state index is 0.148. The van der Waals surface area contributed by atoms with E-state index in [-0.39, 0.29) is 11.2 Å². The van der Waals surface area contributed by atoms with Crippen molar-refractivity contribution < 1.29 is 9.90 Å². The highest BCUT2D eigenvalue weighted by Gasteiger charge is 2.31. The lowest BCUT2D eigenvalue weighted by Gasteiger charge is -2.30. The lowest BCUT2D eigenvalue weighted by atomic mass is 9.74. The van der Waals surface area contributed by atoms with Crippen LogP contribution >= 0.6 is 0 Å². The normalized spacial score (nSPS) is 24.9. The van der Waals surface area contributed by atoms with E-state index in [1.807, 2.05) is 6.92 Å². The van der Waals surface area contributed by atoms with Gasteiger partial charge in [0.15, 0.2) is 5.78 Å². The van der Waals surface area contributed by atoms with E-state index in [0.29, 0.717) is 24.2 Å². The molecule has 2 heteroatoms. The maximum Gasteiger partial charge on any atom is 0.162 e. The van der Waals surface area contributed by atoms with Gasteiger partial charge in [0.1, 0.15) is 0 Å². The largest absolute Gasteiger partial charge is 0.512 e. The molecule has 0 bridgehead atoms. The molecule has 0 aliphatic heterocycles. The smallest absolute Gasteiger partial charge is 0.162 e. The lowest BCUT2D eigenvalue weighted by Crippen LogP contribution is -2.24. The molecule has 1 N–H and O–H groups in total. The Bertz CT molecular complexity index is 261. The molecule has 1 fully saturated rings. The van der Waals surface area contributed by atoms with Crippen molar-refractivity contribution in [3.05, 3.63) is 11.3 Å². The first kappa shape index (κ1) is 11.3. The molecule has 80 valence electrons. The molecule has 0 amide bonds. The Morgan fingerprint density at radius 3 is 2.71 bits per heavy atom. The summed E-state index contributed by atoms with van der Waals surface area (Å²) in [6, 6.07) is 0. The van der Waals surface area contributed by atoms with Crippen LogP contribution in [-0.2, 0) is 4.79 Å². The van der Waals surface area contributed by atoms with Gasteiger partial charge in [-0.1, -0.05) is 20.8 Å². The third-order valence-electron chi connectivity index (χ3n) is 2.86. The maximum absolute atomic E-state index is 11.6. The topological polar surface area (TPSA) is 37.3 Å². The van der Waals surface area contributed by atoms with Gasteiger partial charge in [-0.15, -0.1) is 0 Å². The van der Waals surface area contributed by atoms with Crippen LogP contribution in [0, 0.1) is 5.41 Å². The Kier molecular flexibility index (Phi) is 3.35. The molecule has 0 aromatic rings. The van der Waals surface area contributed by atoms with Gasteiger partial charge < -0.3 is 5.11 Å². The first-order chi connectivity index (χ1) is 6.46. The molecule has 1 aliphatic rings. The molecule has 1 aliphatic carbocycles. The summed E-state index contributed by atoms with van der Waals surface area (Å²) in [4.78, 5) is 11.6. The van der Waals surface area contributed by atoms with Gasteiger partial charge in [-0.25, -0.2) is 0 Å².